The van der Waals surface area contributed by atoms with Crippen LogP contribution in [0.1, 0.15) is 5.56 Å². The van der Waals surface area contributed by atoms with Crippen molar-refractivity contribution in [2.75, 3.05) is 11.9 Å². The predicted molar refractivity (Wildman–Crippen MR) is 58.7 cm³/mol. The van der Waals surface area contributed by atoms with E-state index in [-0.39, 0.29) is 17.1 Å². The van der Waals surface area contributed by atoms with Crippen molar-refractivity contribution in [3.05, 3.63) is 29.8 Å². The fourth-order valence-electron chi connectivity index (χ4n) is 1.34. The third-order valence-corrected chi connectivity index (χ3v) is 2.46. The molecule has 0 aromatic heterocycles. The predicted octanol–water partition coefficient (Wildman–Crippen LogP) is 2.31. The quantitative estimate of drug-likeness (QED) is 0.865. The van der Waals surface area contributed by atoms with E-state index in [1.807, 2.05) is 0 Å². The molecule has 19 heavy (non-hydrogen) atoms. The SMILES string of the molecule is CN(C(=O)C(F)(F)C(F)(F)F)c1cccc(CN)c1. The first-order chi connectivity index (χ1) is 8.61. The number of carbonyl (C=O) groups excluding carboxylic acids is 1. The first-order valence-electron chi connectivity index (χ1n) is 5.13. The van der Waals surface area contributed by atoms with Crippen molar-refractivity contribution in [1.82, 2.24) is 0 Å². The molecule has 0 aliphatic rings. The number of hydrogen-bond donors (Lipinski definition) is 1. The monoisotopic (exact) mass is 282 g/mol. The van der Waals surface area contributed by atoms with E-state index >= 15 is 0 Å². The van der Waals surface area contributed by atoms with Gasteiger partial charge in [-0.3, -0.25) is 4.79 Å². The highest BCUT2D eigenvalue weighted by atomic mass is 19.4. The average molecular weight is 282 g/mol. The third-order valence-electron chi connectivity index (χ3n) is 2.46. The van der Waals surface area contributed by atoms with Gasteiger partial charge in [0.05, 0.1) is 0 Å². The lowest BCUT2D eigenvalue weighted by Crippen LogP contribution is -2.51. The molecule has 0 unspecified atom stereocenters. The van der Waals surface area contributed by atoms with Gasteiger partial charge < -0.3 is 10.6 Å². The van der Waals surface area contributed by atoms with Crippen molar-refractivity contribution in [1.29, 1.82) is 0 Å². The van der Waals surface area contributed by atoms with Gasteiger partial charge in [0.15, 0.2) is 0 Å². The molecular weight excluding hydrogens is 271 g/mol. The molecule has 1 aromatic rings. The van der Waals surface area contributed by atoms with Crippen molar-refractivity contribution < 1.29 is 26.7 Å². The number of benzene rings is 1. The van der Waals surface area contributed by atoms with E-state index in [2.05, 4.69) is 0 Å². The average Bonchev–Trinajstić information content (AvgIpc) is 2.35. The van der Waals surface area contributed by atoms with Crippen molar-refractivity contribution in [3.63, 3.8) is 0 Å². The van der Waals surface area contributed by atoms with Crippen LogP contribution in [0.25, 0.3) is 0 Å². The van der Waals surface area contributed by atoms with E-state index in [1.165, 1.54) is 18.2 Å². The van der Waals surface area contributed by atoms with Crippen LogP contribution in [-0.4, -0.2) is 25.1 Å². The zero-order chi connectivity index (χ0) is 14.8. The van der Waals surface area contributed by atoms with Crippen LogP contribution in [-0.2, 0) is 11.3 Å². The van der Waals surface area contributed by atoms with Gasteiger partial charge in [0.25, 0.3) is 0 Å². The summed E-state index contributed by atoms with van der Waals surface area (Å²) in [7, 11) is 0.845. The maximum absolute atomic E-state index is 12.9. The highest BCUT2D eigenvalue weighted by Crippen LogP contribution is 2.37. The molecule has 0 fully saturated rings. The molecule has 0 saturated carbocycles. The van der Waals surface area contributed by atoms with Crippen molar-refractivity contribution in [2.24, 2.45) is 5.73 Å². The highest BCUT2D eigenvalue weighted by Gasteiger charge is 2.64. The van der Waals surface area contributed by atoms with E-state index in [9.17, 15) is 26.7 Å². The maximum atomic E-state index is 12.9. The Labute approximate surface area is 105 Å². The largest absolute Gasteiger partial charge is 0.463 e. The zero-order valence-corrected chi connectivity index (χ0v) is 9.84. The van der Waals surface area contributed by atoms with Gasteiger partial charge in [0.2, 0.25) is 0 Å². The van der Waals surface area contributed by atoms with Crippen LogP contribution >= 0.6 is 0 Å². The number of carbonyl (C=O) groups is 1. The normalized spacial score (nSPS) is 12.4. The van der Waals surface area contributed by atoms with Crippen LogP contribution in [0.4, 0.5) is 27.6 Å². The van der Waals surface area contributed by atoms with Gasteiger partial charge in [-0.25, -0.2) is 0 Å². The minimum absolute atomic E-state index is 0.0749. The molecule has 0 spiro atoms. The summed E-state index contributed by atoms with van der Waals surface area (Å²) in [4.78, 5) is 11.5. The Morgan fingerprint density at radius 2 is 1.84 bits per heavy atom. The lowest BCUT2D eigenvalue weighted by molar-refractivity contribution is -0.268. The molecule has 0 aliphatic heterocycles. The van der Waals surface area contributed by atoms with Gasteiger partial charge in [-0.2, -0.15) is 22.0 Å². The number of hydrogen-bond acceptors (Lipinski definition) is 2. The van der Waals surface area contributed by atoms with Crippen molar-refractivity contribution in [3.8, 4) is 0 Å². The summed E-state index contributed by atoms with van der Waals surface area (Å²) >= 11 is 0. The van der Waals surface area contributed by atoms with Crippen LogP contribution < -0.4 is 10.6 Å². The minimum atomic E-state index is -5.93. The molecule has 0 bridgehead atoms. The van der Waals surface area contributed by atoms with Crippen LogP contribution in [0.3, 0.4) is 0 Å². The van der Waals surface area contributed by atoms with Crippen LogP contribution in [0.5, 0.6) is 0 Å². The number of nitrogens with zero attached hydrogens (tertiary/aromatic N) is 1. The summed E-state index contributed by atoms with van der Waals surface area (Å²) in [6, 6.07) is 5.48. The van der Waals surface area contributed by atoms with E-state index in [4.69, 9.17) is 5.73 Å². The Morgan fingerprint density at radius 1 is 1.26 bits per heavy atom. The van der Waals surface area contributed by atoms with E-state index in [0.29, 0.717) is 5.56 Å². The number of halogens is 5. The first-order valence-corrected chi connectivity index (χ1v) is 5.13. The number of alkyl halides is 5. The molecule has 106 valence electrons. The van der Waals surface area contributed by atoms with Gasteiger partial charge in [-0.15, -0.1) is 0 Å². The van der Waals surface area contributed by atoms with Crippen molar-refractivity contribution in [2.45, 2.75) is 18.6 Å². The first kappa shape index (κ1) is 15.4. The molecular formula is C11H11F5N2O. The van der Waals surface area contributed by atoms with Crippen LogP contribution in [0.15, 0.2) is 24.3 Å². The second-order valence-electron chi connectivity index (χ2n) is 3.81. The molecule has 1 amide bonds. The lowest BCUT2D eigenvalue weighted by Gasteiger charge is -2.25. The topological polar surface area (TPSA) is 46.3 Å². The number of anilines is 1. The van der Waals surface area contributed by atoms with E-state index < -0.39 is 18.0 Å². The summed E-state index contributed by atoms with van der Waals surface area (Å²) < 4.78 is 62.1. The Hall–Kier alpha value is -1.70. The Bertz CT molecular complexity index is 472. The van der Waals surface area contributed by atoms with E-state index in [1.54, 1.807) is 6.07 Å². The van der Waals surface area contributed by atoms with Crippen LogP contribution in [0, 0.1) is 0 Å². The fraction of sp³-hybridized carbons (Fsp3) is 0.364. The van der Waals surface area contributed by atoms with Crippen molar-refractivity contribution >= 4 is 11.6 Å². The number of nitrogens with two attached hydrogens (primary N) is 1. The lowest BCUT2D eigenvalue weighted by atomic mass is 10.1. The van der Waals surface area contributed by atoms with Gasteiger partial charge in [-0.05, 0) is 17.7 Å². The molecule has 0 atom stereocenters. The highest BCUT2D eigenvalue weighted by molar-refractivity contribution is 5.98. The maximum Gasteiger partial charge on any atom is 0.463 e. The molecule has 0 heterocycles. The Kier molecular flexibility index (Phi) is 4.14. The van der Waals surface area contributed by atoms with Crippen LogP contribution in [0.2, 0.25) is 0 Å². The van der Waals surface area contributed by atoms with E-state index in [0.717, 1.165) is 7.05 Å². The molecule has 8 heteroatoms. The summed E-state index contributed by atoms with van der Waals surface area (Å²) in [6.45, 7) is 0.0749. The summed E-state index contributed by atoms with van der Waals surface area (Å²) in [6.07, 6.45) is -5.93. The van der Waals surface area contributed by atoms with Gasteiger partial charge in [0.1, 0.15) is 0 Å². The standard InChI is InChI=1S/C11H11F5N2O/c1-18(8-4-2-3-7(5-8)6-17)9(19)10(12,13)11(14,15)16/h2-5H,6,17H2,1H3. The molecule has 0 radical (unpaired) electrons. The molecule has 0 saturated heterocycles. The number of amides is 1. The summed E-state index contributed by atoms with van der Waals surface area (Å²) in [5.41, 5.74) is 5.74. The van der Waals surface area contributed by atoms with Gasteiger partial charge in [-0.1, -0.05) is 12.1 Å². The molecule has 0 aliphatic carbocycles. The third kappa shape index (κ3) is 3.01. The molecule has 1 rings (SSSR count). The molecule has 2 N–H and O–H groups in total. The van der Waals surface area contributed by atoms with Gasteiger partial charge in [0, 0.05) is 19.3 Å². The zero-order valence-electron chi connectivity index (χ0n) is 9.84. The number of rotatable bonds is 3. The molecule has 1 aromatic carbocycles. The summed E-state index contributed by atoms with van der Waals surface area (Å²) in [5, 5.41) is 0. The fourth-order valence-corrected chi connectivity index (χ4v) is 1.34. The molecule has 3 nitrogen and oxygen atoms in total. The Morgan fingerprint density at radius 3 is 2.32 bits per heavy atom. The van der Waals surface area contributed by atoms with Gasteiger partial charge >= 0.3 is 18.0 Å². The Balaban J connectivity index is 3.06. The minimum Gasteiger partial charge on any atom is -0.326 e. The smallest absolute Gasteiger partial charge is 0.326 e. The second kappa shape index (κ2) is 5.12. The summed E-state index contributed by atoms with van der Waals surface area (Å²) in [5.74, 6) is -7.77. The second-order valence-corrected chi connectivity index (χ2v) is 3.81.